The van der Waals surface area contributed by atoms with Crippen molar-refractivity contribution in [3.63, 3.8) is 0 Å². The summed E-state index contributed by atoms with van der Waals surface area (Å²) < 4.78 is 9.82. The van der Waals surface area contributed by atoms with Crippen molar-refractivity contribution in [1.82, 2.24) is 4.98 Å². The number of aromatic nitrogens is 1. The van der Waals surface area contributed by atoms with Crippen molar-refractivity contribution >= 4 is 23.4 Å². The molecule has 27 heavy (non-hydrogen) atoms. The first-order valence-electron chi connectivity index (χ1n) is 7.94. The fourth-order valence-electron chi connectivity index (χ4n) is 2.64. The predicted octanol–water partition coefficient (Wildman–Crippen LogP) is 2.75. The third kappa shape index (κ3) is 4.02. The van der Waals surface area contributed by atoms with Crippen LogP contribution in [-0.2, 0) is 9.47 Å². The van der Waals surface area contributed by atoms with Crippen LogP contribution >= 0.6 is 0 Å². The van der Waals surface area contributed by atoms with Crippen LogP contribution in [0.4, 0.5) is 5.69 Å². The number of carbonyl (C=O) groups excluding carboxylic acids is 3. The lowest BCUT2D eigenvalue weighted by molar-refractivity contribution is -0.384. The number of nitro benzene ring substituents is 1. The highest BCUT2D eigenvalue weighted by molar-refractivity contribution is 6.04. The zero-order chi connectivity index (χ0) is 20.3. The van der Waals surface area contributed by atoms with Crippen LogP contribution in [0.5, 0.6) is 0 Å². The Hall–Kier alpha value is -3.49. The number of esters is 2. The number of carbonyl (C=O) groups is 3. The van der Waals surface area contributed by atoms with Gasteiger partial charge in [-0.25, -0.2) is 9.59 Å². The van der Waals surface area contributed by atoms with E-state index >= 15 is 0 Å². The second kappa shape index (κ2) is 7.81. The van der Waals surface area contributed by atoms with Gasteiger partial charge in [0.2, 0.25) is 5.78 Å². The Morgan fingerprint density at radius 3 is 2.44 bits per heavy atom. The molecule has 2 aromatic rings. The number of non-ortho nitro benzene ring substituents is 1. The summed E-state index contributed by atoms with van der Waals surface area (Å²) in [5, 5.41) is 10.8. The van der Waals surface area contributed by atoms with Crippen LogP contribution in [0, 0.1) is 24.0 Å². The highest BCUT2D eigenvalue weighted by Gasteiger charge is 2.27. The molecule has 1 aromatic heterocycles. The van der Waals surface area contributed by atoms with Gasteiger partial charge in [0.05, 0.1) is 28.9 Å². The summed E-state index contributed by atoms with van der Waals surface area (Å²) in [5.74, 6) is -1.99. The van der Waals surface area contributed by atoms with Crippen molar-refractivity contribution in [2.75, 3.05) is 7.11 Å². The highest BCUT2D eigenvalue weighted by atomic mass is 16.6. The number of aromatic amines is 1. The molecule has 0 unspecified atom stereocenters. The molecule has 0 radical (unpaired) electrons. The van der Waals surface area contributed by atoms with Gasteiger partial charge in [0.15, 0.2) is 6.10 Å². The van der Waals surface area contributed by atoms with Gasteiger partial charge in [-0.15, -0.1) is 0 Å². The van der Waals surface area contributed by atoms with Gasteiger partial charge in [-0.2, -0.15) is 0 Å². The normalized spacial score (nSPS) is 11.6. The zero-order valence-electron chi connectivity index (χ0n) is 15.2. The SMILES string of the molecule is COC(=O)c1c(C)[nH]c(C(=O)[C@@H](C)OC(=O)c2cccc([N+](=O)[O-])c2)c1C. The van der Waals surface area contributed by atoms with Gasteiger partial charge < -0.3 is 14.5 Å². The van der Waals surface area contributed by atoms with E-state index in [1.54, 1.807) is 13.8 Å². The highest BCUT2D eigenvalue weighted by Crippen LogP contribution is 2.21. The quantitative estimate of drug-likeness (QED) is 0.356. The number of nitrogens with one attached hydrogen (secondary N) is 1. The van der Waals surface area contributed by atoms with Crippen molar-refractivity contribution < 1.29 is 28.8 Å². The van der Waals surface area contributed by atoms with Crippen LogP contribution in [0.15, 0.2) is 24.3 Å². The number of aryl methyl sites for hydroxylation is 1. The van der Waals surface area contributed by atoms with E-state index in [1.165, 1.54) is 32.2 Å². The first kappa shape index (κ1) is 19.8. The van der Waals surface area contributed by atoms with E-state index in [0.29, 0.717) is 11.3 Å². The average Bonchev–Trinajstić information content (AvgIpc) is 2.94. The summed E-state index contributed by atoms with van der Waals surface area (Å²) in [6, 6.07) is 5.01. The van der Waals surface area contributed by atoms with Crippen LogP contribution in [-0.4, -0.2) is 40.8 Å². The minimum Gasteiger partial charge on any atom is -0.465 e. The Morgan fingerprint density at radius 2 is 1.85 bits per heavy atom. The Labute approximate surface area is 154 Å². The molecule has 1 atom stereocenters. The summed E-state index contributed by atoms with van der Waals surface area (Å²) in [7, 11) is 1.24. The molecule has 0 saturated carbocycles. The largest absolute Gasteiger partial charge is 0.465 e. The topological polar surface area (TPSA) is 129 Å². The third-order valence-electron chi connectivity index (χ3n) is 4.02. The smallest absolute Gasteiger partial charge is 0.339 e. The molecule has 9 heteroatoms. The lowest BCUT2D eigenvalue weighted by atomic mass is 10.1. The van der Waals surface area contributed by atoms with Gasteiger partial charge >= 0.3 is 11.9 Å². The zero-order valence-corrected chi connectivity index (χ0v) is 15.2. The first-order valence-corrected chi connectivity index (χ1v) is 7.94. The molecular weight excluding hydrogens is 356 g/mol. The number of Topliss-reactive ketones (excluding diaryl/α,β-unsaturated/α-hetero) is 1. The molecule has 0 saturated heterocycles. The van der Waals surface area contributed by atoms with E-state index in [0.717, 1.165) is 6.07 Å². The third-order valence-corrected chi connectivity index (χ3v) is 4.02. The fraction of sp³-hybridized carbons (Fsp3) is 0.278. The van der Waals surface area contributed by atoms with Crippen LogP contribution in [0.1, 0.15) is 49.4 Å². The number of H-pyrrole nitrogens is 1. The van der Waals surface area contributed by atoms with Crippen molar-refractivity contribution in [3.05, 3.63) is 62.5 Å². The van der Waals surface area contributed by atoms with E-state index in [2.05, 4.69) is 4.98 Å². The van der Waals surface area contributed by atoms with E-state index in [9.17, 15) is 24.5 Å². The molecule has 0 bridgehead atoms. The van der Waals surface area contributed by atoms with Crippen molar-refractivity contribution in [2.45, 2.75) is 26.9 Å². The van der Waals surface area contributed by atoms with Gasteiger partial charge in [-0.1, -0.05) is 6.07 Å². The van der Waals surface area contributed by atoms with Crippen LogP contribution in [0.2, 0.25) is 0 Å². The number of methoxy groups -OCH3 is 1. The van der Waals surface area contributed by atoms with Crippen LogP contribution in [0.25, 0.3) is 0 Å². The second-order valence-corrected chi connectivity index (χ2v) is 5.84. The van der Waals surface area contributed by atoms with Gasteiger partial charge in [-0.05, 0) is 32.4 Å². The maximum atomic E-state index is 12.6. The van der Waals surface area contributed by atoms with E-state index in [4.69, 9.17) is 9.47 Å². The molecule has 0 aliphatic rings. The minimum atomic E-state index is -1.17. The fourth-order valence-corrected chi connectivity index (χ4v) is 2.64. The van der Waals surface area contributed by atoms with Crippen LogP contribution < -0.4 is 0 Å². The number of nitrogens with zero attached hydrogens (tertiary/aromatic N) is 1. The summed E-state index contributed by atoms with van der Waals surface area (Å²) in [5.41, 5.74) is 0.924. The lowest BCUT2D eigenvalue weighted by Gasteiger charge is -2.12. The van der Waals surface area contributed by atoms with E-state index in [-0.39, 0.29) is 22.5 Å². The molecule has 9 nitrogen and oxygen atoms in total. The molecular formula is C18H18N2O7. The number of rotatable bonds is 6. The summed E-state index contributed by atoms with van der Waals surface area (Å²) >= 11 is 0. The minimum absolute atomic E-state index is 0.0431. The van der Waals surface area contributed by atoms with Crippen molar-refractivity contribution in [2.24, 2.45) is 0 Å². The molecule has 1 N–H and O–H groups in total. The average molecular weight is 374 g/mol. The Morgan fingerprint density at radius 1 is 1.19 bits per heavy atom. The standard InChI is InChI=1S/C18H18N2O7/c1-9-14(18(23)26-4)10(2)19-15(9)16(21)11(3)27-17(22)12-6-5-7-13(8-12)20(24)25/h5-8,11,19H,1-4H3/t11-/m1/s1. The van der Waals surface area contributed by atoms with Gasteiger partial charge in [0.1, 0.15) is 0 Å². The number of hydrogen-bond acceptors (Lipinski definition) is 7. The van der Waals surface area contributed by atoms with Gasteiger partial charge in [0, 0.05) is 17.8 Å². The Bertz CT molecular complexity index is 930. The monoisotopic (exact) mass is 374 g/mol. The lowest BCUT2D eigenvalue weighted by Crippen LogP contribution is -2.25. The molecule has 0 aliphatic carbocycles. The summed E-state index contributed by atoms with van der Waals surface area (Å²) in [6.07, 6.45) is -1.17. The Balaban J connectivity index is 2.21. The van der Waals surface area contributed by atoms with Gasteiger partial charge in [-0.3, -0.25) is 14.9 Å². The number of hydrogen-bond donors (Lipinski definition) is 1. The maximum absolute atomic E-state index is 12.6. The molecule has 0 amide bonds. The molecule has 0 aliphatic heterocycles. The predicted molar refractivity (Wildman–Crippen MR) is 93.9 cm³/mol. The molecule has 1 heterocycles. The van der Waals surface area contributed by atoms with E-state index < -0.39 is 28.7 Å². The number of benzene rings is 1. The number of nitro groups is 1. The summed E-state index contributed by atoms with van der Waals surface area (Å²) in [6.45, 7) is 4.58. The van der Waals surface area contributed by atoms with Crippen LogP contribution in [0.3, 0.4) is 0 Å². The second-order valence-electron chi connectivity index (χ2n) is 5.84. The van der Waals surface area contributed by atoms with Crippen molar-refractivity contribution in [3.8, 4) is 0 Å². The van der Waals surface area contributed by atoms with E-state index in [1.807, 2.05) is 0 Å². The molecule has 2 rings (SSSR count). The number of ketones is 1. The van der Waals surface area contributed by atoms with Gasteiger partial charge in [0.25, 0.3) is 5.69 Å². The first-order chi connectivity index (χ1) is 12.7. The number of ether oxygens (including phenoxy) is 2. The molecule has 1 aromatic carbocycles. The molecule has 0 fully saturated rings. The maximum Gasteiger partial charge on any atom is 0.339 e. The van der Waals surface area contributed by atoms with Crippen molar-refractivity contribution in [1.29, 1.82) is 0 Å². The Kier molecular flexibility index (Phi) is 5.74. The molecule has 0 spiro atoms. The molecule has 142 valence electrons. The summed E-state index contributed by atoms with van der Waals surface area (Å²) in [4.78, 5) is 49.6.